The van der Waals surface area contributed by atoms with E-state index in [1.807, 2.05) is 85.5 Å². The van der Waals surface area contributed by atoms with Gasteiger partial charge in [0.15, 0.2) is 16.7 Å². The van der Waals surface area contributed by atoms with Crippen molar-refractivity contribution >= 4 is 34.5 Å². The van der Waals surface area contributed by atoms with Gasteiger partial charge in [-0.15, -0.1) is 0 Å². The minimum absolute atomic E-state index is 0.0277. The number of benzene rings is 1. The molecule has 0 unspecified atom stereocenters. The van der Waals surface area contributed by atoms with E-state index in [1.165, 1.54) is 19.6 Å². The number of carbonyl (C=O) groups excluding carboxylic acids is 2. The number of unbranched alkanes of at least 4 members (excludes halogenated alkanes) is 1. The van der Waals surface area contributed by atoms with Crippen LogP contribution in [0.1, 0.15) is 113 Å². The molecule has 380 valence electrons. The maximum atomic E-state index is 14.4. The van der Waals surface area contributed by atoms with Crippen molar-refractivity contribution in [3.63, 3.8) is 0 Å². The van der Waals surface area contributed by atoms with Crippen LogP contribution in [0.5, 0.6) is 0 Å². The minimum atomic E-state index is -1.92. The van der Waals surface area contributed by atoms with Gasteiger partial charge in [0.05, 0.1) is 41.5 Å². The van der Waals surface area contributed by atoms with Gasteiger partial charge in [-0.3, -0.25) is 14.5 Å². The number of hydrogen-bond donors (Lipinski definition) is 6. The van der Waals surface area contributed by atoms with Crippen LogP contribution in [0, 0.1) is 17.8 Å². The number of aryl methyl sites for hydroxylation is 1. The molecule has 0 aliphatic carbocycles. The molecule has 3 heterocycles. The van der Waals surface area contributed by atoms with Crippen LogP contribution in [0.3, 0.4) is 0 Å². The van der Waals surface area contributed by atoms with Crippen molar-refractivity contribution in [2.75, 3.05) is 40.8 Å². The normalized spacial score (nSPS) is 41.4. The molecule has 0 aromatic heterocycles. The first-order valence-electron chi connectivity index (χ1n) is 24.0. The number of hydrogen-bond acceptors (Lipinski definition) is 15. The zero-order chi connectivity index (χ0) is 49.3. The molecule has 17 heteroatoms. The number of ether oxygens (including phenoxy) is 6. The van der Waals surface area contributed by atoms with Crippen molar-refractivity contribution in [3.8, 4) is 0 Å². The van der Waals surface area contributed by atoms with Gasteiger partial charge in [0.25, 0.3) is 0 Å². The number of likely N-dealkylation sites (N-methyl/N-ethyl adjacent to an activating group) is 1. The predicted molar refractivity (Wildman–Crippen MR) is 258 cm³/mol. The van der Waals surface area contributed by atoms with Crippen LogP contribution in [-0.2, 0) is 44.4 Å². The van der Waals surface area contributed by atoms with E-state index in [9.17, 15) is 35.1 Å². The number of methoxy groups -OCH3 is 1. The van der Waals surface area contributed by atoms with Crippen LogP contribution in [0.25, 0.3) is 0 Å². The van der Waals surface area contributed by atoms with Gasteiger partial charge in [-0.05, 0) is 135 Å². The zero-order valence-corrected chi connectivity index (χ0v) is 43.8. The molecule has 1 amide bonds. The van der Waals surface area contributed by atoms with Gasteiger partial charge in [0.2, 0.25) is 5.91 Å². The van der Waals surface area contributed by atoms with E-state index in [0.29, 0.717) is 38.9 Å². The zero-order valence-electron chi connectivity index (χ0n) is 41.6. The highest BCUT2D eigenvalue weighted by Crippen LogP contribution is 2.40. The molecule has 1 aromatic carbocycles. The number of aliphatic hydroxyl groups excluding tert-OH is 3. The number of cyclic esters (lactones) is 1. The molecule has 6 N–H and O–H groups in total. The van der Waals surface area contributed by atoms with Gasteiger partial charge in [0, 0.05) is 57.6 Å². The predicted octanol–water partition coefficient (Wildman–Crippen LogP) is 4.17. The largest absolute Gasteiger partial charge is 0.448 e. The first-order valence-corrected chi connectivity index (χ1v) is 25.3. The second-order valence-electron chi connectivity index (χ2n) is 20.5. The van der Waals surface area contributed by atoms with Gasteiger partial charge >= 0.3 is 5.97 Å². The minimum Gasteiger partial charge on any atom is -0.448 e. The Balaban J connectivity index is 1.65. The van der Waals surface area contributed by atoms with Crippen LogP contribution in [0.15, 0.2) is 30.3 Å². The molecule has 0 spiro atoms. The number of alkyl halides is 1. The first-order chi connectivity index (χ1) is 30.8. The van der Waals surface area contributed by atoms with Gasteiger partial charge < -0.3 is 64.2 Å². The summed E-state index contributed by atoms with van der Waals surface area (Å²) in [5.74, 6) is -2.88. The van der Waals surface area contributed by atoms with E-state index in [1.54, 1.807) is 34.6 Å². The Morgan fingerprint density at radius 1 is 0.939 bits per heavy atom. The Bertz CT molecular complexity index is 1640. The number of esters is 1. The molecular formula is C49H84IN3O13. The van der Waals surface area contributed by atoms with E-state index < -0.39 is 94.0 Å². The van der Waals surface area contributed by atoms with Crippen molar-refractivity contribution in [3.05, 3.63) is 35.9 Å². The molecule has 4 rings (SSSR count). The summed E-state index contributed by atoms with van der Waals surface area (Å²) >= 11 is 1.84. The van der Waals surface area contributed by atoms with E-state index in [0.717, 1.165) is 19.3 Å². The topological polar surface area (TPSA) is 209 Å². The average molecular weight is 1050 g/mol. The Hall–Kier alpha value is -1.59. The SMILES string of the molecule is CO[C@]1(C)C[C@H](O[C@H]2[C@H](C)[C@@H](O[C@@H]3O[C@H](C)C[C@H](N(C)C)[C@H]3O)[C@](C)(O)C[C@@H](C)CN(CCCNC(=O)CCCCc3ccccc3)[C@H](C)[C@@H](O)[C@](C)(O)[C@@H](I)OC(=O)[C@@H]2C)O[C@@H](C)[C@@H]1O. The van der Waals surface area contributed by atoms with E-state index in [4.69, 9.17) is 28.4 Å². The highest BCUT2D eigenvalue weighted by atomic mass is 127. The molecule has 3 aliphatic heterocycles. The molecule has 0 radical (unpaired) electrons. The fraction of sp³-hybridized carbons (Fsp3) is 0.837. The summed E-state index contributed by atoms with van der Waals surface area (Å²) in [6, 6.07) is 9.23. The number of nitrogens with one attached hydrogen (secondary N) is 1. The highest BCUT2D eigenvalue weighted by molar-refractivity contribution is 14.1. The molecular weight excluding hydrogens is 965 g/mol. The molecule has 3 fully saturated rings. The second kappa shape index (κ2) is 25.0. The lowest BCUT2D eigenvalue weighted by atomic mass is 9.77. The standard InChI is InChI=1S/C49H84IN3O13/c1-29-26-47(7,59)43(65-45-39(55)36(52(10)11)25-30(2)62-45)31(3)40(64-38-27-48(8,61-12)42(57)34(6)63-38)32(4)44(58)66-46(50)49(9,60)41(56)33(5)53(28-29)24-18-23-51-37(54)22-17-16-21-35-19-14-13-15-20-35/h13-15,19-20,29-34,36,38-43,45-46,55-57,59-60H,16-18,21-28H2,1-12H3,(H,51,54)/t29-,30-,31+,32-,33-,34+,36+,38+,39-,40+,41-,42+,43-,45+,46+,47-,48-,49+/m1/s1. The fourth-order valence-corrected chi connectivity index (χ4v) is 10.8. The number of amides is 1. The Morgan fingerprint density at radius 2 is 1.61 bits per heavy atom. The quantitative estimate of drug-likeness (QED) is 0.0631. The number of rotatable bonds is 15. The summed E-state index contributed by atoms with van der Waals surface area (Å²) in [6.07, 6.45) is -4.39. The van der Waals surface area contributed by atoms with E-state index in [-0.39, 0.29) is 36.8 Å². The van der Waals surface area contributed by atoms with Crippen LogP contribution >= 0.6 is 22.6 Å². The van der Waals surface area contributed by atoms with Crippen molar-refractivity contribution in [1.82, 2.24) is 15.1 Å². The Labute approximate surface area is 407 Å². The molecule has 0 saturated carbocycles. The van der Waals surface area contributed by atoms with Crippen molar-refractivity contribution in [2.45, 2.75) is 202 Å². The number of carbonyl (C=O) groups is 2. The second-order valence-corrected chi connectivity index (χ2v) is 21.7. The molecule has 1 aromatic rings. The third-order valence-electron chi connectivity index (χ3n) is 14.3. The summed E-state index contributed by atoms with van der Waals surface area (Å²) in [5.41, 5.74) is -3.37. The molecule has 16 nitrogen and oxygen atoms in total. The van der Waals surface area contributed by atoms with E-state index >= 15 is 0 Å². The third-order valence-corrected chi connectivity index (χ3v) is 15.9. The van der Waals surface area contributed by atoms with Gasteiger partial charge in [-0.2, -0.15) is 0 Å². The summed E-state index contributed by atoms with van der Waals surface area (Å²) in [6.45, 7) is 16.9. The van der Waals surface area contributed by atoms with Gasteiger partial charge in [0.1, 0.15) is 23.9 Å². The molecule has 18 atom stereocenters. The Morgan fingerprint density at radius 3 is 2.24 bits per heavy atom. The lowest BCUT2D eigenvalue weighted by molar-refractivity contribution is -0.317. The van der Waals surface area contributed by atoms with Gasteiger partial charge in [-0.25, -0.2) is 0 Å². The van der Waals surface area contributed by atoms with Crippen LogP contribution in [-0.4, -0.2) is 176 Å². The highest BCUT2D eigenvalue weighted by Gasteiger charge is 2.53. The van der Waals surface area contributed by atoms with Crippen molar-refractivity contribution in [2.24, 2.45) is 17.8 Å². The fourth-order valence-electron chi connectivity index (χ4n) is 10.2. The average Bonchev–Trinajstić information content (AvgIpc) is 3.25. The summed E-state index contributed by atoms with van der Waals surface area (Å²) in [4.78, 5) is 31.1. The summed E-state index contributed by atoms with van der Waals surface area (Å²) < 4.78 is 36.6. The summed E-state index contributed by atoms with van der Waals surface area (Å²) in [5, 5.41) is 62.5. The van der Waals surface area contributed by atoms with E-state index in [2.05, 4.69) is 17.4 Å². The Kier molecular flexibility index (Phi) is 21.6. The van der Waals surface area contributed by atoms with Gasteiger partial charge in [-0.1, -0.05) is 44.2 Å². The number of aliphatic hydroxyl groups is 5. The number of nitrogens with zero attached hydrogens (tertiary/aromatic N) is 2. The lowest BCUT2D eigenvalue weighted by Gasteiger charge is -2.48. The first kappa shape index (κ1) is 57.0. The maximum Gasteiger partial charge on any atom is 0.312 e. The maximum absolute atomic E-state index is 14.4. The van der Waals surface area contributed by atoms with Crippen LogP contribution < -0.4 is 5.32 Å². The molecule has 0 bridgehead atoms. The summed E-state index contributed by atoms with van der Waals surface area (Å²) in [7, 11) is 5.26. The number of halogens is 1. The monoisotopic (exact) mass is 1050 g/mol. The van der Waals surface area contributed by atoms with Crippen molar-refractivity contribution in [1.29, 1.82) is 0 Å². The van der Waals surface area contributed by atoms with Crippen molar-refractivity contribution < 1.29 is 63.5 Å². The van der Waals surface area contributed by atoms with Crippen LogP contribution in [0.4, 0.5) is 0 Å². The smallest absolute Gasteiger partial charge is 0.312 e. The van der Waals surface area contributed by atoms with Crippen LogP contribution in [0.2, 0.25) is 0 Å². The third kappa shape index (κ3) is 15.0. The molecule has 66 heavy (non-hydrogen) atoms. The molecule has 3 aliphatic rings. The molecule has 3 saturated heterocycles. The lowest BCUT2D eigenvalue weighted by Crippen LogP contribution is -2.60.